The minimum absolute atomic E-state index is 0.201. The fraction of sp³-hybridized carbons (Fsp3) is 0.533. The van der Waals surface area contributed by atoms with Gasteiger partial charge in [-0.2, -0.15) is 0 Å². The molecule has 2 rings (SSSR count). The van der Waals surface area contributed by atoms with Crippen molar-refractivity contribution in [2.24, 2.45) is 5.92 Å². The Bertz CT molecular complexity index is 399. The summed E-state index contributed by atoms with van der Waals surface area (Å²) in [5.41, 5.74) is 0.772. The molecule has 1 saturated heterocycles. The molecular weight excluding hydrogens is 226 g/mol. The third-order valence-corrected chi connectivity index (χ3v) is 3.52. The molecule has 3 nitrogen and oxygen atoms in total. The van der Waals surface area contributed by atoms with Crippen LogP contribution in [0, 0.1) is 5.92 Å². The molecule has 0 saturated carbocycles. The van der Waals surface area contributed by atoms with Crippen molar-refractivity contribution in [3.63, 3.8) is 0 Å². The van der Waals surface area contributed by atoms with E-state index in [1.54, 1.807) is 7.11 Å². The van der Waals surface area contributed by atoms with Crippen molar-refractivity contribution in [3.05, 3.63) is 29.8 Å². The zero-order chi connectivity index (χ0) is 13.0. The van der Waals surface area contributed by atoms with Crippen LogP contribution in [0.3, 0.4) is 0 Å². The van der Waals surface area contributed by atoms with Crippen LogP contribution in [0.25, 0.3) is 0 Å². The Morgan fingerprint density at radius 1 is 1.39 bits per heavy atom. The summed E-state index contributed by atoms with van der Waals surface area (Å²) in [7, 11) is 1.63. The van der Waals surface area contributed by atoms with Crippen molar-refractivity contribution in [3.8, 4) is 5.75 Å². The minimum Gasteiger partial charge on any atom is -0.497 e. The highest BCUT2D eigenvalue weighted by molar-refractivity contribution is 5.97. The molecule has 0 aromatic heterocycles. The SMILES string of the molecule is COc1ccc(C(=O)CN2CCC[C@H](C)C2)cc1. The van der Waals surface area contributed by atoms with Crippen LogP contribution in [-0.4, -0.2) is 37.4 Å². The van der Waals surface area contributed by atoms with E-state index in [4.69, 9.17) is 4.74 Å². The quantitative estimate of drug-likeness (QED) is 0.766. The number of hydrogen-bond donors (Lipinski definition) is 0. The summed E-state index contributed by atoms with van der Waals surface area (Å²) >= 11 is 0. The Kier molecular flexibility index (Phi) is 4.37. The van der Waals surface area contributed by atoms with Crippen LogP contribution >= 0.6 is 0 Å². The van der Waals surface area contributed by atoms with Crippen LogP contribution in [0.5, 0.6) is 5.75 Å². The molecule has 3 heteroatoms. The van der Waals surface area contributed by atoms with Gasteiger partial charge >= 0.3 is 0 Å². The molecule has 0 N–H and O–H groups in total. The van der Waals surface area contributed by atoms with Gasteiger partial charge in [-0.15, -0.1) is 0 Å². The number of benzene rings is 1. The van der Waals surface area contributed by atoms with Crippen molar-refractivity contribution >= 4 is 5.78 Å². The summed E-state index contributed by atoms with van der Waals surface area (Å²) in [6.45, 7) is 4.88. The number of carbonyl (C=O) groups is 1. The summed E-state index contributed by atoms with van der Waals surface area (Å²) < 4.78 is 5.09. The Balaban J connectivity index is 1.94. The van der Waals surface area contributed by atoms with Gasteiger partial charge in [0.2, 0.25) is 0 Å². The van der Waals surface area contributed by atoms with Crippen LogP contribution in [0.2, 0.25) is 0 Å². The number of piperidine rings is 1. The summed E-state index contributed by atoms with van der Waals surface area (Å²) in [6.07, 6.45) is 2.49. The number of nitrogens with zero attached hydrogens (tertiary/aromatic N) is 1. The number of methoxy groups -OCH3 is 1. The minimum atomic E-state index is 0.201. The lowest BCUT2D eigenvalue weighted by Gasteiger charge is -2.30. The maximum Gasteiger partial charge on any atom is 0.176 e. The van der Waals surface area contributed by atoms with Gasteiger partial charge in [-0.05, 0) is 49.6 Å². The molecule has 0 radical (unpaired) electrons. The first-order chi connectivity index (χ1) is 8.69. The van der Waals surface area contributed by atoms with E-state index in [9.17, 15) is 4.79 Å². The Hall–Kier alpha value is -1.35. The van der Waals surface area contributed by atoms with Gasteiger partial charge in [0.15, 0.2) is 5.78 Å². The predicted molar refractivity (Wildman–Crippen MR) is 72.2 cm³/mol. The maximum absolute atomic E-state index is 12.1. The summed E-state index contributed by atoms with van der Waals surface area (Å²) in [5.74, 6) is 1.70. The molecule has 1 aliphatic heterocycles. The van der Waals surface area contributed by atoms with Crippen LogP contribution in [0.1, 0.15) is 30.1 Å². The molecule has 98 valence electrons. The van der Waals surface area contributed by atoms with E-state index in [2.05, 4.69) is 11.8 Å². The first-order valence-corrected chi connectivity index (χ1v) is 6.58. The average Bonchev–Trinajstić information content (AvgIpc) is 2.39. The highest BCUT2D eigenvalue weighted by atomic mass is 16.5. The van der Waals surface area contributed by atoms with Gasteiger partial charge in [0, 0.05) is 12.1 Å². The van der Waals surface area contributed by atoms with E-state index in [0.717, 1.165) is 24.4 Å². The topological polar surface area (TPSA) is 29.5 Å². The van der Waals surface area contributed by atoms with Crippen molar-refractivity contribution in [1.29, 1.82) is 0 Å². The molecular formula is C15H21NO2. The predicted octanol–water partition coefficient (Wildman–Crippen LogP) is 2.61. The number of ether oxygens (including phenoxy) is 1. The first kappa shape index (κ1) is 13.1. The zero-order valence-corrected chi connectivity index (χ0v) is 11.2. The number of likely N-dealkylation sites (tertiary alicyclic amines) is 1. The number of ketones is 1. The first-order valence-electron chi connectivity index (χ1n) is 6.58. The van der Waals surface area contributed by atoms with Crippen molar-refractivity contribution < 1.29 is 9.53 Å². The van der Waals surface area contributed by atoms with Crippen LogP contribution in [0.4, 0.5) is 0 Å². The van der Waals surface area contributed by atoms with Gasteiger partial charge in [0.1, 0.15) is 5.75 Å². The smallest absolute Gasteiger partial charge is 0.176 e. The monoisotopic (exact) mass is 247 g/mol. The Morgan fingerprint density at radius 3 is 2.72 bits per heavy atom. The number of Topliss-reactive ketones (excluding diaryl/α,β-unsaturated/α-hetero) is 1. The standard InChI is InChI=1S/C15H21NO2/c1-12-4-3-9-16(10-12)11-15(17)13-5-7-14(18-2)8-6-13/h5-8,12H,3-4,9-11H2,1-2H3/t12-/m0/s1. The van der Waals surface area contributed by atoms with Gasteiger partial charge < -0.3 is 4.74 Å². The van der Waals surface area contributed by atoms with Gasteiger partial charge in [-0.25, -0.2) is 0 Å². The zero-order valence-electron chi connectivity index (χ0n) is 11.2. The van der Waals surface area contributed by atoms with Crippen molar-refractivity contribution in [1.82, 2.24) is 4.90 Å². The molecule has 1 aromatic carbocycles. The second-order valence-corrected chi connectivity index (χ2v) is 5.13. The molecule has 0 bridgehead atoms. The summed E-state index contributed by atoms with van der Waals surface area (Å²) in [5, 5.41) is 0. The molecule has 0 spiro atoms. The fourth-order valence-electron chi connectivity index (χ4n) is 2.50. The van der Waals surface area contributed by atoms with E-state index in [1.165, 1.54) is 12.8 Å². The van der Waals surface area contributed by atoms with Crippen LogP contribution in [-0.2, 0) is 0 Å². The van der Waals surface area contributed by atoms with Crippen molar-refractivity contribution in [2.75, 3.05) is 26.7 Å². The van der Waals surface area contributed by atoms with E-state index >= 15 is 0 Å². The molecule has 1 heterocycles. The lowest BCUT2D eigenvalue weighted by Crippen LogP contribution is -2.37. The largest absolute Gasteiger partial charge is 0.497 e. The van der Waals surface area contributed by atoms with E-state index in [1.807, 2.05) is 24.3 Å². The second-order valence-electron chi connectivity index (χ2n) is 5.13. The Labute approximate surface area is 109 Å². The highest BCUT2D eigenvalue weighted by Gasteiger charge is 2.19. The molecule has 18 heavy (non-hydrogen) atoms. The van der Waals surface area contributed by atoms with E-state index in [-0.39, 0.29) is 5.78 Å². The summed E-state index contributed by atoms with van der Waals surface area (Å²) in [6, 6.07) is 7.36. The second kappa shape index (κ2) is 6.01. The molecule has 0 unspecified atom stereocenters. The molecule has 1 fully saturated rings. The molecule has 1 atom stereocenters. The lowest BCUT2D eigenvalue weighted by atomic mass is 9.99. The summed E-state index contributed by atoms with van der Waals surface area (Å²) in [4.78, 5) is 14.4. The molecule has 0 amide bonds. The van der Waals surface area contributed by atoms with E-state index < -0.39 is 0 Å². The van der Waals surface area contributed by atoms with Gasteiger partial charge in [0.05, 0.1) is 13.7 Å². The number of hydrogen-bond acceptors (Lipinski definition) is 3. The Morgan fingerprint density at radius 2 is 2.11 bits per heavy atom. The lowest BCUT2D eigenvalue weighted by molar-refractivity contribution is 0.0893. The number of carbonyl (C=O) groups excluding carboxylic acids is 1. The third-order valence-electron chi connectivity index (χ3n) is 3.52. The van der Waals surface area contributed by atoms with Crippen LogP contribution in [0.15, 0.2) is 24.3 Å². The third kappa shape index (κ3) is 3.33. The van der Waals surface area contributed by atoms with E-state index in [0.29, 0.717) is 12.5 Å². The number of rotatable bonds is 4. The van der Waals surface area contributed by atoms with Gasteiger partial charge in [0.25, 0.3) is 0 Å². The van der Waals surface area contributed by atoms with Crippen molar-refractivity contribution in [2.45, 2.75) is 19.8 Å². The van der Waals surface area contributed by atoms with Gasteiger partial charge in [-0.3, -0.25) is 9.69 Å². The van der Waals surface area contributed by atoms with Crippen LogP contribution < -0.4 is 4.74 Å². The average molecular weight is 247 g/mol. The molecule has 1 aliphatic rings. The normalized spacial score (nSPS) is 20.7. The fourth-order valence-corrected chi connectivity index (χ4v) is 2.50. The maximum atomic E-state index is 12.1. The molecule has 0 aliphatic carbocycles. The molecule has 1 aromatic rings. The highest BCUT2D eigenvalue weighted by Crippen LogP contribution is 2.17. The van der Waals surface area contributed by atoms with Gasteiger partial charge in [-0.1, -0.05) is 6.92 Å².